The van der Waals surface area contributed by atoms with Gasteiger partial charge in [-0.3, -0.25) is 47.9 Å². The van der Waals surface area contributed by atoms with Crippen LogP contribution in [0.3, 0.4) is 0 Å². The molecule has 31 heteroatoms. The lowest BCUT2D eigenvalue weighted by molar-refractivity contribution is -0.220. The second-order valence-electron chi connectivity index (χ2n) is 15.8. The number of carboxylic acid groups (broad SMARTS) is 3. The van der Waals surface area contributed by atoms with E-state index in [9.17, 15) is 71.9 Å². The highest BCUT2D eigenvalue weighted by Crippen LogP contribution is 2.32. The Morgan fingerprint density at radius 3 is 1.65 bits per heavy atom. The highest BCUT2D eigenvalue weighted by molar-refractivity contribution is 9.10. The summed E-state index contributed by atoms with van der Waals surface area (Å²) in [6.45, 7) is 5.66. The molecule has 0 radical (unpaired) electrons. The van der Waals surface area contributed by atoms with Crippen molar-refractivity contribution in [2.75, 3.05) is 19.7 Å². The summed E-state index contributed by atoms with van der Waals surface area (Å²) >= 11 is 6.25. The van der Waals surface area contributed by atoms with Crippen LogP contribution in [0.25, 0.3) is 0 Å². The van der Waals surface area contributed by atoms with Gasteiger partial charge >= 0.3 is 38.1 Å². The van der Waals surface area contributed by atoms with Gasteiger partial charge in [0.1, 0.15) is 18.1 Å². The average Bonchev–Trinajstić information content (AvgIpc) is 3.55. The van der Waals surface area contributed by atoms with Gasteiger partial charge in [-0.1, -0.05) is 27.7 Å². The van der Waals surface area contributed by atoms with Gasteiger partial charge in [0.05, 0.1) is 48.9 Å². The van der Waals surface area contributed by atoms with E-state index < -0.39 is 129 Å². The van der Waals surface area contributed by atoms with Crippen LogP contribution in [-0.4, -0.2) is 154 Å². The molecule has 1 unspecified atom stereocenters. The van der Waals surface area contributed by atoms with Crippen LogP contribution in [0.4, 0.5) is 8.78 Å². The molecule has 1 heterocycles. The summed E-state index contributed by atoms with van der Waals surface area (Å²) in [5.41, 5.74) is -2.19. The first-order chi connectivity index (χ1) is 32.6. The quantitative estimate of drug-likeness (QED) is 0.0346. The van der Waals surface area contributed by atoms with E-state index in [-0.39, 0.29) is 54.3 Å². The highest BCUT2D eigenvalue weighted by atomic mass is 79.9. The number of carboxylic acids is 3. The molecule has 1 aliphatic heterocycles. The number of carbonyl (C=O) groups excluding carboxylic acids is 7. The molecule has 0 spiro atoms. The molecule has 2 aromatic carbocycles. The molecule has 392 valence electrons. The Kier molecular flexibility index (Phi) is 28.6. The maximum absolute atomic E-state index is 13.4. The summed E-state index contributed by atoms with van der Waals surface area (Å²) in [6.07, 6.45) is -2.12. The summed E-state index contributed by atoms with van der Waals surface area (Å²) in [5, 5.41) is 63.9. The SMILES string of the molecule is CC(C)C[C@H](NC(=O)CNC(=O)c1cc(F)ccc1Br)B(O)O.CC(C)C[C@H](NC(=O)CNC(=O)c1cc(F)ccc1Br)B1OC(=O)C(CC(=O)O)(CC(=O)O)O1.O.O=COCC(O)(CC(=O)O)OC=O. The summed E-state index contributed by atoms with van der Waals surface area (Å²) in [5.74, 6) is -13.2. The molecular formula is C40H52B2Br2F2N4O21. The number of nitrogens with one attached hydrogen (secondary N) is 4. The van der Waals surface area contributed by atoms with Gasteiger partial charge in [-0.15, -0.1) is 0 Å². The predicted octanol–water partition coefficient (Wildman–Crippen LogP) is -0.330. The molecule has 3 rings (SSSR count). The van der Waals surface area contributed by atoms with Crippen LogP contribution in [0.15, 0.2) is 45.3 Å². The monoisotopic (exact) mass is 1140 g/mol. The lowest BCUT2D eigenvalue weighted by atomic mass is 9.74. The molecule has 4 amide bonds. The molecule has 0 bridgehead atoms. The lowest BCUT2D eigenvalue weighted by Gasteiger charge is -2.24. The van der Waals surface area contributed by atoms with Gasteiger partial charge in [-0.25, -0.2) is 8.78 Å². The van der Waals surface area contributed by atoms with E-state index in [1.54, 1.807) is 13.8 Å². The van der Waals surface area contributed by atoms with Gasteiger partial charge in [0.25, 0.3) is 30.5 Å². The lowest BCUT2D eigenvalue weighted by Crippen LogP contribution is -2.51. The molecule has 0 aromatic heterocycles. The topological polar surface area (TPSA) is 409 Å². The van der Waals surface area contributed by atoms with Crippen molar-refractivity contribution in [1.29, 1.82) is 0 Å². The van der Waals surface area contributed by atoms with Crippen molar-refractivity contribution in [3.8, 4) is 0 Å². The first-order valence-corrected chi connectivity index (χ1v) is 22.0. The van der Waals surface area contributed by atoms with E-state index in [1.807, 2.05) is 13.8 Å². The third kappa shape index (κ3) is 24.0. The minimum Gasteiger partial charge on any atom is -0.506 e. The van der Waals surface area contributed by atoms with Gasteiger partial charge in [0, 0.05) is 8.95 Å². The Labute approximate surface area is 420 Å². The van der Waals surface area contributed by atoms with Gasteiger partial charge in [-0.05, 0) is 92.9 Å². The smallest absolute Gasteiger partial charge is 0.506 e. The number of benzene rings is 2. The maximum atomic E-state index is 13.4. The van der Waals surface area contributed by atoms with E-state index in [2.05, 4.69) is 62.6 Å². The molecule has 71 heavy (non-hydrogen) atoms. The number of halogens is 4. The first kappa shape index (κ1) is 64.9. The largest absolute Gasteiger partial charge is 0.552 e. The number of ether oxygens (including phenoxy) is 2. The van der Waals surface area contributed by atoms with E-state index in [1.165, 1.54) is 18.2 Å². The summed E-state index contributed by atoms with van der Waals surface area (Å²) < 4.78 is 46.0. The Balaban J connectivity index is 0.00000114. The zero-order chi connectivity index (χ0) is 53.5. The number of hydrogen-bond acceptors (Lipinski definition) is 17. The van der Waals surface area contributed by atoms with Crippen molar-refractivity contribution in [1.82, 2.24) is 21.3 Å². The molecular weight excluding hydrogens is 1090 g/mol. The normalized spacial score (nSPS) is 13.9. The van der Waals surface area contributed by atoms with Gasteiger partial charge in [-0.2, -0.15) is 0 Å². The maximum Gasteiger partial charge on any atom is 0.552 e. The summed E-state index contributed by atoms with van der Waals surface area (Å²) in [4.78, 5) is 113. The standard InChI is InChI=1S/C20H23BBrFN2O9.C14H19BBrFN2O4.C6H8O7.H2O/c1-10(2)5-14(21-33-19(32)20(34-21,7-16(27)28)8-17(29)30)25-15(26)9-24-18(31)12-6-11(23)3-4-13(12)22;1-8(2)5-12(15(22)23)19-13(20)7-18-14(21)10-6-9(17)3-4-11(10)16;7-3-12-2-6(11,13-4-8)1-5(9)10;/h3-4,6,10,14H,5,7-9H2,1-2H3,(H,24,31)(H,25,26)(H,27,28)(H,29,30);3-4,6,8,12,22-23H,5,7H2,1-2H3,(H,18,21)(H,19,20);3-4,11H,1-2H2,(H,9,10);1H2/t14-;12-;;/m00../s1. The average molecular weight is 1140 g/mol. The number of rotatable bonds is 25. The fourth-order valence-corrected chi connectivity index (χ4v) is 6.80. The van der Waals surface area contributed by atoms with E-state index in [0.29, 0.717) is 15.4 Å². The second-order valence-corrected chi connectivity index (χ2v) is 17.5. The number of aliphatic hydroxyl groups is 1. The zero-order valence-corrected chi connectivity index (χ0v) is 41.3. The minimum atomic E-state index is -2.30. The fraction of sp³-hybridized carbons (Fsp3) is 0.450. The van der Waals surface area contributed by atoms with Crippen molar-refractivity contribution in [2.45, 2.75) is 83.1 Å². The molecule has 1 fully saturated rings. The minimum absolute atomic E-state index is 0. The summed E-state index contributed by atoms with van der Waals surface area (Å²) in [7, 11) is -3.12. The highest BCUT2D eigenvalue weighted by Gasteiger charge is 2.58. The summed E-state index contributed by atoms with van der Waals surface area (Å²) in [6, 6.07) is 7.14. The second kappa shape index (κ2) is 31.3. The third-order valence-electron chi connectivity index (χ3n) is 8.88. The molecule has 25 nitrogen and oxygen atoms in total. The van der Waals surface area contributed by atoms with Gasteiger partial charge in [0.15, 0.2) is 12.2 Å². The molecule has 12 N–H and O–H groups in total. The van der Waals surface area contributed by atoms with Crippen molar-refractivity contribution >= 4 is 107 Å². The third-order valence-corrected chi connectivity index (χ3v) is 10.3. The Hall–Kier alpha value is -6.11. The Bertz CT molecular complexity index is 2180. The zero-order valence-electron chi connectivity index (χ0n) is 38.2. The van der Waals surface area contributed by atoms with Crippen molar-refractivity contribution in [2.24, 2.45) is 11.8 Å². The predicted molar refractivity (Wildman–Crippen MR) is 246 cm³/mol. The Morgan fingerprint density at radius 2 is 1.25 bits per heavy atom. The van der Waals surface area contributed by atoms with Crippen LogP contribution in [0.2, 0.25) is 0 Å². The molecule has 3 atom stereocenters. The molecule has 0 saturated carbocycles. The first-order valence-electron chi connectivity index (χ1n) is 20.4. The van der Waals surface area contributed by atoms with Crippen LogP contribution < -0.4 is 21.3 Å². The van der Waals surface area contributed by atoms with E-state index >= 15 is 0 Å². The fourth-order valence-electron chi connectivity index (χ4n) is 5.95. The Morgan fingerprint density at radius 1 is 0.789 bits per heavy atom. The van der Waals surface area contributed by atoms with E-state index in [4.69, 9.17) is 24.6 Å². The van der Waals surface area contributed by atoms with Crippen LogP contribution >= 0.6 is 31.9 Å². The number of hydrogen-bond donors (Lipinski definition) is 10. The molecule has 0 aliphatic carbocycles. The van der Waals surface area contributed by atoms with Crippen molar-refractivity contribution in [3.63, 3.8) is 0 Å². The van der Waals surface area contributed by atoms with Crippen molar-refractivity contribution < 1.29 is 111 Å². The van der Waals surface area contributed by atoms with Crippen LogP contribution in [0.1, 0.15) is 80.5 Å². The van der Waals surface area contributed by atoms with Crippen LogP contribution in [0, 0.1) is 23.5 Å². The number of amides is 4. The van der Waals surface area contributed by atoms with E-state index in [0.717, 1.165) is 18.2 Å². The number of aliphatic carboxylic acids is 3. The molecule has 1 saturated heterocycles. The van der Waals surface area contributed by atoms with Crippen LogP contribution in [0.5, 0.6) is 0 Å². The van der Waals surface area contributed by atoms with Crippen molar-refractivity contribution in [3.05, 3.63) is 68.1 Å². The molecule has 2 aromatic rings. The van der Waals surface area contributed by atoms with Gasteiger partial charge in [0.2, 0.25) is 11.8 Å². The molecule has 1 aliphatic rings. The van der Waals surface area contributed by atoms with Gasteiger partial charge < -0.3 is 76.0 Å². The number of carbonyl (C=O) groups is 10. The van der Waals surface area contributed by atoms with Crippen LogP contribution in [-0.2, 0) is 57.1 Å².